The van der Waals surface area contributed by atoms with Gasteiger partial charge in [0.05, 0.1) is 12.1 Å². The number of nitrogens with zero attached hydrogens (tertiary/aromatic N) is 1. The van der Waals surface area contributed by atoms with Gasteiger partial charge in [-0.15, -0.1) is 17.0 Å². The van der Waals surface area contributed by atoms with Crippen LogP contribution in [0.15, 0.2) is 4.79 Å². The third-order valence-corrected chi connectivity index (χ3v) is 5.17. The standard InChI is InChI=1S/C18H28N4O2.BrH/c23-17(20-11-5-10-19-13-6-1-2-7-13)12-16-14-8-3-4-9-15(14)18(24)22-21-16;/h13,19H,1-12H2,(H,20,23)(H,22,24);1H. The Balaban J connectivity index is 0.00000225. The van der Waals surface area contributed by atoms with Crippen LogP contribution in [0.2, 0.25) is 0 Å². The van der Waals surface area contributed by atoms with E-state index in [9.17, 15) is 9.59 Å². The Kier molecular flexibility index (Phi) is 8.09. The zero-order valence-corrected chi connectivity index (χ0v) is 16.4. The number of aromatic nitrogens is 2. The first kappa shape index (κ1) is 20.1. The van der Waals surface area contributed by atoms with Gasteiger partial charge in [0.2, 0.25) is 5.91 Å². The monoisotopic (exact) mass is 412 g/mol. The molecule has 7 heteroatoms. The Morgan fingerprint density at radius 1 is 1.08 bits per heavy atom. The molecule has 0 spiro atoms. The summed E-state index contributed by atoms with van der Waals surface area (Å²) in [5, 5.41) is 13.2. The predicted molar refractivity (Wildman–Crippen MR) is 103 cm³/mol. The number of carbonyl (C=O) groups excluding carboxylic acids is 1. The lowest BCUT2D eigenvalue weighted by atomic mass is 9.91. The highest BCUT2D eigenvalue weighted by Crippen LogP contribution is 2.20. The quantitative estimate of drug-likeness (QED) is 0.595. The lowest BCUT2D eigenvalue weighted by Gasteiger charge is -2.17. The van der Waals surface area contributed by atoms with E-state index in [4.69, 9.17) is 0 Å². The van der Waals surface area contributed by atoms with Crippen LogP contribution in [0, 0.1) is 0 Å². The van der Waals surface area contributed by atoms with Gasteiger partial charge in [-0.3, -0.25) is 9.59 Å². The molecule has 0 aliphatic heterocycles. The number of amides is 1. The minimum Gasteiger partial charge on any atom is -0.356 e. The van der Waals surface area contributed by atoms with Crippen LogP contribution in [0.4, 0.5) is 0 Å². The normalized spacial score (nSPS) is 17.0. The molecule has 3 rings (SSSR count). The lowest BCUT2D eigenvalue weighted by molar-refractivity contribution is -0.120. The predicted octanol–water partition coefficient (Wildman–Crippen LogP) is 1.81. The number of fused-ring (bicyclic) bond motifs is 1. The van der Waals surface area contributed by atoms with Gasteiger partial charge in [0.25, 0.3) is 5.56 Å². The summed E-state index contributed by atoms with van der Waals surface area (Å²) >= 11 is 0. The van der Waals surface area contributed by atoms with Crippen LogP contribution in [-0.4, -0.2) is 35.2 Å². The molecular formula is C18H29BrN4O2. The Labute approximate surface area is 159 Å². The first-order valence-corrected chi connectivity index (χ1v) is 9.33. The summed E-state index contributed by atoms with van der Waals surface area (Å²) in [4.78, 5) is 24.0. The van der Waals surface area contributed by atoms with Crippen molar-refractivity contribution >= 4 is 22.9 Å². The molecule has 1 amide bonds. The Morgan fingerprint density at radius 3 is 2.56 bits per heavy atom. The van der Waals surface area contributed by atoms with E-state index in [1.165, 1.54) is 25.7 Å². The highest BCUT2D eigenvalue weighted by Gasteiger charge is 2.19. The molecule has 0 radical (unpaired) electrons. The van der Waals surface area contributed by atoms with E-state index >= 15 is 0 Å². The Morgan fingerprint density at radius 2 is 1.80 bits per heavy atom. The Hall–Kier alpha value is -1.21. The first-order valence-electron chi connectivity index (χ1n) is 9.33. The molecule has 140 valence electrons. The summed E-state index contributed by atoms with van der Waals surface area (Å²) in [6.07, 6.45) is 10.2. The Bertz CT molecular complexity index is 626. The maximum absolute atomic E-state index is 12.1. The van der Waals surface area contributed by atoms with Crippen LogP contribution in [0.25, 0.3) is 0 Å². The van der Waals surface area contributed by atoms with Crippen molar-refractivity contribution in [2.45, 2.75) is 70.3 Å². The summed E-state index contributed by atoms with van der Waals surface area (Å²) in [7, 11) is 0. The van der Waals surface area contributed by atoms with Crippen LogP contribution in [0.1, 0.15) is 61.8 Å². The second kappa shape index (κ2) is 10.1. The van der Waals surface area contributed by atoms with Gasteiger partial charge in [-0.05, 0) is 57.1 Å². The van der Waals surface area contributed by atoms with Crippen molar-refractivity contribution < 1.29 is 4.79 Å². The molecule has 2 aliphatic carbocycles. The van der Waals surface area contributed by atoms with Crippen LogP contribution in [-0.2, 0) is 24.1 Å². The maximum atomic E-state index is 12.1. The number of hydrogen-bond acceptors (Lipinski definition) is 4. The smallest absolute Gasteiger partial charge is 0.267 e. The molecule has 1 saturated carbocycles. The van der Waals surface area contributed by atoms with Crippen molar-refractivity contribution in [1.29, 1.82) is 0 Å². The zero-order chi connectivity index (χ0) is 16.8. The molecule has 1 heterocycles. The third-order valence-electron chi connectivity index (χ3n) is 5.17. The van der Waals surface area contributed by atoms with Crippen LogP contribution < -0.4 is 16.2 Å². The minimum atomic E-state index is -0.0909. The molecule has 1 aromatic rings. The van der Waals surface area contributed by atoms with Crippen molar-refractivity contribution in [3.63, 3.8) is 0 Å². The van der Waals surface area contributed by atoms with E-state index in [2.05, 4.69) is 20.8 Å². The topological polar surface area (TPSA) is 86.9 Å². The SMILES string of the molecule is Br.O=C(Cc1n[nH]c(=O)c2c1CCCC2)NCCCNC1CCCC1. The van der Waals surface area contributed by atoms with Gasteiger partial charge in [-0.1, -0.05) is 12.8 Å². The van der Waals surface area contributed by atoms with Crippen LogP contribution >= 0.6 is 17.0 Å². The third kappa shape index (κ3) is 5.64. The summed E-state index contributed by atoms with van der Waals surface area (Å²) in [6, 6.07) is 0.678. The van der Waals surface area contributed by atoms with Gasteiger partial charge in [0.15, 0.2) is 0 Å². The van der Waals surface area contributed by atoms with Gasteiger partial charge in [-0.2, -0.15) is 5.10 Å². The molecule has 0 aromatic carbocycles. The van der Waals surface area contributed by atoms with E-state index in [0.717, 1.165) is 55.5 Å². The fraction of sp³-hybridized carbons (Fsp3) is 0.722. The largest absolute Gasteiger partial charge is 0.356 e. The fourth-order valence-electron chi connectivity index (χ4n) is 3.84. The van der Waals surface area contributed by atoms with Gasteiger partial charge < -0.3 is 10.6 Å². The molecular weight excluding hydrogens is 384 g/mol. The highest BCUT2D eigenvalue weighted by atomic mass is 79.9. The zero-order valence-electron chi connectivity index (χ0n) is 14.7. The molecule has 1 aromatic heterocycles. The average molecular weight is 413 g/mol. The van der Waals surface area contributed by atoms with Crippen molar-refractivity contribution in [2.24, 2.45) is 0 Å². The van der Waals surface area contributed by atoms with Crippen LogP contribution in [0.3, 0.4) is 0 Å². The van der Waals surface area contributed by atoms with E-state index in [-0.39, 0.29) is 34.9 Å². The van der Waals surface area contributed by atoms with Crippen molar-refractivity contribution in [1.82, 2.24) is 20.8 Å². The minimum absolute atomic E-state index is 0. The number of H-pyrrole nitrogens is 1. The van der Waals surface area contributed by atoms with Crippen LogP contribution in [0.5, 0.6) is 0 Å². The number of carbonyl (C=O) groups is 1. The van der Waals surface area contributed by atoms with Gasteiger partial charge in [0, 0.05) is 18.2 Å². The van der Waals surface area contributed by atoms with Crippen molar-refractivity contribution in [3.05, 3.63) is 27.2 Å². The number of aromatic amines is 1. The highest BCUT2D eigenvalue weighted by molar-refractivity contribution is 8.93. The van der Waals surface area contributed by atoms with E-state index in [1.807, 2.05) is 0 Å². The second-order valence-electron chi connectivity index (χ2n) is 6.98. The molecule has 3 N–H and O–H groups in total. The number of hydrogen-bond donors (Lipinski definition) is 3. The van der Waals surface area contributed by atoms with Crippen molar-refractivity contribution in [3.8, 4) is 0 Å². The van der Waals surface area contributed by atoms with E-state index in [1.54, 1.807) is 0 Å². The molecule has 0 atom stereocenters. The lowest BCUT2D eigenvalue weighted by Crippen LogP contribution is -2.32. The number of nitrogens with one attached hydrogen (secondary N) is 3. The van der Waals surface area contributed by atoms with Gasteiger partial charge in [-0.25, -0.2) is 5.10 Å². The molecule has 6 nitrogen and oxygen atoms in total. The van der Waals surface area contributed by atoms with Gasteiger partial charge in [0.1, 0.15) is 0 Å². The summed E-state index contributed by atoms with van der Waals surface area (Å²) in [5.41, 5.74) is 2.49. The average Bonchev–Trinajstić information content (AvgIpc) is 3.11. The number of halogens is 1. The maximum Gasteiger partial charge on any atom is 0.267 e. The fourth-order valence-corrected chi connectivity index (χ4v) is 3.84. The molecule has 0 unspecified atom stereocenters. The molecule has 0 saturated heterocycles. The van der Waals surface area contributed by atoms with E-state index < -0.39 is 0 Å². The molecule has 1 fully saturated rings. The summed E-state index contributed by atoms with van der Waals surface area (Å²) in [5.74, 6) is -0.0109. The molecule has 2 aliphatic rings. The van der Waals surface area contributed by atoms with E-state index in [0.29, 0.717) is 12.6 Å². The van der Waals surface area contributed by atoms with Crippen molar-refractivity contribution in [2.75, 3.05) is 13.1 Å². The molecule has 0 bridgehead atoms. The summed E-state index contributed by atoms with van der Waals surface area (Å²) in [6.45, 7) is 1.64. The molecule has 25 heavy (non-hydrogen) atoms. The first-order chi connectivity index (χ1) is 11.7. The summed E-state index contributed by atoms with van der Waals surface area (Å²) < 4.78 is 0. The second-order valence-corrected chi connectivity index (χ2v) is 6.98. The number of rotatable bonds is 7. The van der Waals surface area contributed by atoms with Gasteiger partial charge >= 0.3 is 0 Å².